The van der Waals surface area contributed by atoms with E-state index in [-0.39, 0.29) is 25.0 Å². The van der Waals surface area contributed by atoms with Gasteiger partial charge in [-0.3, -0.25) is 9.78 Å². The fourth-order valence-corrected chi connectivity index (χ4v) is 4.72. The molecule has 0 bridgehead atoms. The number of thiazole rings is 1. The number of amides is 2. The lowest BCUT2D eigenvalue weighted by atomic mass is 9.92. The van der Waals surface area contributed by atoms with Gasteiger partial charge in [0.1, 0.15) is 6.61 Å². The summed E-state index contributed by atoms with van der Waals surface area (Å²) in [4.78, 5) is 29.6. The zero-order valence-corrected chi connectivity index (χ0v) is 22.1. The summed E-state index contributed by atoms with van der Waals surface area (Å²) in [5.41, 5.74) is 9.38. The van der Waals surface area contributed by atoms with Gasteiger partial charge in [-0.05, 0) is 36.3 Å². The number of hydrogen-bond acceptors (Lipinski definition) is 7. The van der Waals surface area contributed by atoms with Crippen molar-refractivity contribution in [1.82, 2.24) is 15.6 Å². The highest BCUT2D eigenvalue weighted by Gasteiger charge is 2.29. The minimum atomic E-state index is -0.918. The molecule has 37 heavy (non-hydrogen) atoms. The normalized spacial score (nSPS) is 14.5. The number of carbonyl (C=O) groups is 2. The van der Waals surface area contributed by atoms with Gasteiger partial charge < -0.3 is 26.2 Å². The second-order valence-corrected chi connectivity index (χ2v) is 10.4. The molecule has 198 valence electrons. The summed E-state index contributed by atoms with van der Waals surface area (Å²) in [6.07, 6.45) is 1.41. The molecule has 0 aliphatic rings. The molecule has 0 radical (unpaired) electrons. The van der Waals surface area contributed by atoms with Crippen LogP contribution in [0.3, 0.4) is 0 Å². The molecule has 0 spiro atoms. The van der Waals surface area contributed by atoms with E-state index in [2.05, 4.69) is 15.6 Å². The maximum absolute atomic E-state index is 12.6. The van der Waals surface area contributed by atoms with E-state index in [9.17, 15) is 14.7 Å². The van der Waals surface area contributed by atoms with Gasteiger partial charge in [-0.2, -0.15) is 0 Å². The summed E-state index contributed by atoms with van der Waals surface area (Å²) in [7, 11) is 0. The number of rotatable bonds is 14. The Morgan fingerprint density at radius 1 is 1.03 bits per heavy atom. The third kappa shape index (κ3) is 9.60. The summed E-state index contributed by atoms with van der Waals surface area (Å²) in [5.74, 6) is -0.457. The molecule has 8 nitrogen and oxygen atoms in total. The van der Waals surface area contributed by atoms with E-state index < -0.39 is 30.2 Å². The molecule has 9 heteroatoms. The van der Waals surface area contributed by atoms with Crippen LogP contribution in [-0.4, -0.2) is 46.3 Å². The molecule has 5 N–H and O–H groups in total. The molecule has 0 saturated carbocycles. The van der Waals surface area contributed by atoms with Crippen molar-refractivity contribution in [2.24, 2.45) is 11.7 Å². The molecule has 3 rings (SSSR count). The van der Waals surface area contributed by atoms with E-state index in [0.29, 0.717) is 12.8 Å². The van der Waals surface area contributed by atoms with Crippen molar-refractivity contribution < 1.29 is 19.4 Å². The van der Waals surface area contributed by atoms with Crippen LogP contribution in [0.15, 0.2) is 72.4 Å². The molecular weight excluding hydrogens is 488 g/mol. The quantitative estimate of drug-likeness (QED) is 0.256. The van der Waals surface area contributed by atoms with E-state index in [0.717, 1.165) is 16.0 Å². The van der Waals surface area contributed by atoms with Gasteiger partial charge >= 0.3 is 6.09 Å². The van der Waals surface area contributed by atoms with Crippen LogP contribution in [0.25, 0.3) is 0 Å². The number of nitrogens with two attached hydrogens (primary N) is 1. The van der Waals surface area contributed by atoms with E-state index >= 15 is 0 Å². The zero-order chi connectivity index (χ0) is 26.6. The lowest BCUT2D eigenvalue weighted by molar-refractivity contribution is -0.121. The monoisotopic (exact) mass is 524 g/mol. The number of benzene rings is 2. The van der Waals surface area contributed by atoms with Gasteiger partial charge in [-0.1, -0.05) is 74.5 Å². The maximum Gasteiger partial charge on any atom is 0.407 e. The van der Waals surface area contributed by atoms with Crippen LogP contribution in [0.2, 0.25) is 0 Å². The number of alkyl carbamates (subject to hydrolysis) is 1. The highest BCUT2D eigenvalue weighted by molar-refractivity contribution is 7.09. The Hall–Kier alpha value is -3.27. The first-order valence-corrected chi connectivity index (χ1v) is 13.3. The predicted octanol–water partition coefficient (Wildman–Crippen LogP) is 3.44. The summed E-state index contributed by atoms with van der Waals surface area (Å²) in [6.45, 7) is 3.96. The van der Waals surface area contributed by atoms with Crippen LogP contribution in [0.1, 0.15) is 36.3 Å². The highest BCUT2D eigenvalue weighted by Crippen LogP contribution is 2.16. The Morgan fingerprint density at radius 2 is 1.65 bits per heavy atom. The molecule has 1 heterocycles. The number of aliphatic hydroxyl groups excluding tert-OH is 1. The molecule has 3 aromatic rings. The number of nitrogens with one attached hydrogen (secondary N) is 2. The molecule has 1 aromatic heterocycles. The molecule has 0 aliphatic carbocycles. The minimum absolute atomic E-state index is 0.0205. The number of aromatic nitrogens is 1. The average molecular weight is 525 g/mol. The summed E-state index contributed by atoms with van der Waals surface area (Å²) in [5, 5.41) is 17.6. The van der Waals surface area contributed by atoms with Gasteiger partial charge in [-0.15, -0.1) is 11.3 Å². The first-order valence-electron chi connectivity index (χ1n) is 12.4. The van der Waals surface area contributed by atoms with Crippen molar-refractivity contribution in [3.8, 4) is 0 Å². The third-order valence-corrected chi connectivity index (χ3v) is 6.89. The Balaban J connectivity index is 1.75. The summed E-state index contributed by atoms with van der Waals surface area (Å²) in [6, 6.07) is 18.1. The Bertz CT molecular complexity index is 1080. The number of primary amides is 1. The highest BCUT2D eigenvalue weighted by atomic mass is 32.1. The van der Waals surface area contributed by atoms with Crippen molar-refractivity contribution >= 4 is 23.3 Å². The third-order valence-electron chi connectivity index (χ3n) is 6.13. The number of aliphatic hydroxyl groups is 1. The smallest absolute Gasteiger partial charge is 0.407 e. The standard InChI is InChI=1S/C28H36N4O4S/c1-19(2)26(27(29)34)31-22(13-20-9-5-3-6-10-20)15-25(33)24(14-21-11-7-4-8-12-21)32-28(35)36-17-23-16-30-18-37-23/h3-12,16,18-19,22,24-26,31,33H,13-15,17H2,1-2H3,(H2,29,34)(H,32,35)/t22-,24-,25-,26-/m0/s1. The molecule has 0 saturated heterocycles. The van der Waals surface area contributed by atoms with Crippen molar-refractivity contribution in [3.05, 3.63) is 88.4 Å². The lowest BCUT2D eigenvalue weighted by Crippen LogP contribution is -2.53. The lowest BCUT2D eigenvalue weighted by Gasteiger charge is -2.31. The first kappa shape index (κ1) is 28.3. The van der Waals surface area contributed by atoms with E-state index in [1.165, 1.54) is 11.3 Å². The van der Waals surface area contributed by atoms with Crippen LogP contribution >= 0.6 is 11.3 Å². The largest absolute Gasteiger partial charge is 0.444 e. The Kier molecular flexibility index (Phi) is 11.1. The minimum Gasteiger partial charge on any atom is -0.444 e. The second-order valence-electron chi connectivity index (χ2n) is 9.46. The van der Waals surface area contributed by atoms with E-state index in [1.54, 1.807) is 11.7 Å². The number of ether oxygens (including phenoxy) is 1. The molecule has 0 aliphatic heterocycles. The van der Waals surface area contributed by atoms with Crippen molar-refractivity contribution in [1.29, 1.82) is 0 Å². The van der Waals surface area contributed by atoms with Crippen LogP contribution in [-0.2, 0) is 29.0 Å². The van der Waals surface area contributed by atoms with E-state index in [1.807, 2.05) is 74.5 Å². The van der Waals surface area contributed by atoms with Gasteiger partial charge in [0.05, 0.1) is 28.6 Å². The average Bonchev–Trinajstić information content (AvgIpc) is 3.40. The fraction of sp³-hybridized carbons (Fsp3) is 0.393. The molecular formula is C28H36N4O4S. The SMILES string of the molecule is CC(C)[C@H](N[C@@H](Cc1ccccc1)C[C@H](O)[C@H](Cc1ccccc1)NC(=O)OCc1cncs1)C(N)=O. The molecule has 0 unspecified atom stereocenters. The molecule has 2 aromatic carbocycles. The fourth-order valence-electron chi connectivity index (χ4n) is 4.22. The van der Waals surface area contributed by atoms with Crippen LogP contribution in [0.4, 0.5) is 4.79 Å². The topological polar surface area (TPSA) is 127 Å². The second kappa shape index (κ2) is 14.5. The number of carbonyl (C=O) groups excluding carboxylic acids is 2. The number of nitrogens with zero attached hydrogens (tertiary/aromatic N) is 1. The van der Waals surface area contributed by atoms with Crippen LogP contribution in [0, 0.1) is 5.92 Å². The van der Waals surface area contributed by atoms with Gasteiger partial charge in [0, 0.05) is 12.2 Å². The van der Waals surface area contributed by atoms with Crippen molar-refractivity contribution in [2.75, 3.05) is 0 Å². The Labute approximate surface area is 222 Å². The molecule has 0 fully saturated rings. The van der Waals surface area contributed by atoms with Crippen LogP contribution < -0.4 is 16.4 Å². The van der Waals surface area contributed by atoms with Gasteiger partial charge in [0.15, 0.2) is 0 Å². The summed E-state index contributed by atoms with van der Waals surface area (Å²) < 4.78 is 5.37. The Morgan fingerprint density at radius 3 is 2.19 bits per heavy atom. The van der Waals surface area contributed by atoms with Gasteiger partial charge in [0.2, 0.25) is 5.91 Å². The first-order chi connectivity index (χ1) is 17.8. The number of hydrogen-bond donors (Lipinski definition) is 4. The van der Waals surface area contributed by atoms with Gasteiger partial charge in [0.25, 0.3) is 0 Å². The predicted molar refractivity (Wildman–Crippen MR) is 145 cm³/mol. The summed E-state index contributed by atoms with van der Waals surface area (Å²) >= 11 is 1.40. The van der Waals surface area contributed by atoms with E-state index in [4.69, 9.17) is 10.5 Å². The molecule has 2 amide bonds. The maximum atomic E-state index is 12.6. The van der Waals surface area contributed by atoms with Crippen LogP contribution in [0.5, 0.6) is 0 Å². The van der Waals surface area contributed by atoms with Crippen molar-refractivity contribution in [2.45, 2.75) is 63.9 Å². The molecule has 4 atom stereocenters. The van der Waals surface area contributed by atoms with Gasteiger partial charge in [-0.25, -0.2) is 4.79 Å². The van der Waals surface area contributed by atoms with Crippen molar-refractivity contribution in [3.63, 3.8) is 0 Å². The zero-order valence-electron chi connectivity index (χ0n) is 21.2.